The summed E-state index contributed by atoms with van der Waals surface area (Å²) < 4.78 is 9.56. The molecule has 0 fully saturated rings. The fraction of sp³-hybridized carbons (Fsp3) is 0.250. The normalized spacial score (nSPS) is 8.00. The van der Waals surface area contributed by atoms with Crippen molar-refractivity contribution in [3.63, 3.8) is 0 Å². The van der Waals surface area contributed by atoms with Gasteiger partial charge in [0.25, 0.3) is 0 Å². The molecule has 0 N–H and O–H groups in total. The van der Waals surface area contributed by atoms with E-state index in [1.54, 1.807) is 24.6 Å². The van der Waals surface area contributed by atoms with Gasteiger partial charge in [-0.2, -0.15) is 0 Å². The van der Waals surface area contributed by atoms with Crippen molar-refractivity contribution in [3.05, 3.63) is 30.3 Å². The van der Waals surface area contributed by atoms with Crippen molar-refractivity contribution in [2.45, 2.75) is 0 Å². The Bertz CT molecular complexity index is 177. The first-order valence-corrected chi connectivity index (χ1v) is 5.06. The second-order valence-corrected chi connectivity index (χ2v) is 3.54. The van der Waals surface area contributed by atoms with Gasteiger partial charge in [-0.05, 0) is 0 Å². The molecule has 0 radical (unpaired) electrons. The van der Waals surface area contributed by atoms with E-state index in [1.807, 2.05) is 6.07 Å². The van der Waals surface area contributed by atoms with Crippen LogP contribution in [0, 0.1) is 0 Å². The van der Waals surface area contributed by atoms with Crippen LogP contribution in [0.15, 0.2) is 30.3 Å². The summed E-state index contributed by atoms with van der Waals surface area (Å²) in [4.78, 5) is 0. The summed E-state index contributed by atoms with van der Waals surface area (Å²) in [5, 5.41) is 10.3. The zero-order valence-electron chi connectivity index (χ0n) is 7.61. The van der Waals surface area contributed by atoms with Gasteiger partial charge in [-0.25, -0.2) is 0 Å². The predicted octanol–water partition coefficient (Wildman–Crippen LogP) is -2.24. The van der Waals surface area contributed by atoms with Crippen molar-refractivity contribution < 1.29 is 39.2 Å². The zero-order chi connectivity index (χ0) is 8.69. The molecule has 0 aliphatic heterocycles. The summed E-state index contributed by atoms with van der Waals surface area (Å²) in [5.74, 6) is 0.0718. The Morgan fingerprint density at radius 3 is 1.58 bits per heavy atom. The molecule has 1 aromatic rings. The summed E-state index contributed by atoms with van der Waals surface area (Å²) >= 11 is -0.611. The first-order valence-electron chi connectivity index (χ1n) is 3.10. The van der Waals surface area contributed by atoms with Crippen LogP contribution >= 0.6 is 0 Å². The van der Waals surface area contributed by atoms with Crippen LogP contribution in [0.5, 0.6) is 5.75 Å². The fourth-order valence-electron chi connectivity index (χ4n) is 0.420. The van der Waals surface area contributed by atoms with Crippen molar-refractivity contribution in [2.24, 2.45) is 0 Å². The molecule has 12 heavy (non-hydrogen) atoms. The molecule has 1 rings (SSSR count). The summed E-state index contributed by atoms with van der Waals surface area (Å²) in [6.07, 6.45) is 3.28. The van der Waals surface area contributed by atoms with Gasteiger partial charge >= 0.3 is 29.6 Å². The minimum atomic E-state index is -0.611. The minimum absolute atomic E-state index is 0. The number of para-hydroxylation sites is 1. The Kier molecular flexibility index (Phi) is 11.6. The molecule has 0 saturated carbocycles. The molecule has 0 aromatic heterocycles. The third-order valence-corrected chi connectivity index (χ3v) is 0.743. The van der Waals surface area contributed by atoms with Crippen LogP contribution in [0.4, 0.5) is 0 Å². The summed E-state index contributed by atoms with van der Waals surface area (Å²) in [6, 6.07) is 8.33. The van der Waals surface area contributed by atoms with Crippen molar-refractivity contribution >= 4 is 11.2 Å². The molecule has 0 aliphatic carbocycles. The monoisotopic (exact) mass is 194 g/mol. The molecule has 4 heteroatoms. The van der Waals surface area contributed by atoms with Gasteiger partial charge in [-0.15, -0.1) is 5.75 Å². The van der Waals surface area contributed by atoms with Crippen molar-refractivity contribution in [3.8, 4) is 5.75 Å². The molecule has 62 valence electrons. The van der Waals surface area contributed by atoms with Gasteiger partial charge < -0.3 is 9.66 Å². The van der Waals surface area contributed by atoms with Crippen LogP contribution in [0.3, 0.4) is 0 Å². The van der Waals surface area contributed by atoms with E-state index in [0.29, 0.717) is 0 Å². The van der Waals surface area contributed by atoms with E-state index < -0.39 is 11.2 Å². The fourth-order valence-corrected chi connectivity index (χ4v) is 0.420. The van der Waals surface area contributed by atoms with Crippen molar-refractivity contribution in [2.75, 3.05) is 12.5 Å². The van der Waals surface area contributed by atoms with Gasteiger partial charge in [0.2, 0.25) is 0 Å². The van der Waals surface area contributed by atoms with E-state index in [-0.39, 0.29) is 35.3 Å². The van der Waals surface area contributed by atoms with Crippen LogP contribution < -0.4 is 34.7 Å². The summed E-state index contributed by atoms with van der Waals surface area (Å²) in [6.45, 7) is 0. The molecule has 1 aromatic carbocycles. The average Bonchev–Trinajstić information content (AvgIpc) is 1.87. The van der Waals surface area contributed by atoms with E-state index in [0.717, 1.165) is 0 Å². The zero-order valence-corrected chi connectivity index (χ0v) is 10.4. The Balaban J connectivity index is 0. The number of rotatable bonds is 0. The molecule has 0 amide bonds. The van der Waals surface area contributed by atoms with Gasteiger partial charge in [-0.3, -0.25) is 0 Å². The maximum atomic E-state index is 10.3. The van der Waals surface area contributed by atoms with E-state index in [9.17, 15) is 9.66 Å². The van der Waals surface area contributed by atoms with Crippen molar-refractivity contribution in [1.82, 2.24) is 0 Å². The van der Waals surface area contributed by atoms with Gasteiger partial charge in [0.1, 0.15) is 0 Å². The van der Waals surface area contributed by atoms with Crippen LogP contribution in [-0.4, -0.2) is 17.1 Å². The number of hydrogen-bond acceptors (Lipinski definition) is 2. The largest absolute Gasteiger partial charge is 1.00 e. The second-order valence-electron chi connectivity index (χ2n) is 2.05. The molecule has 0 atom stereocenters. The quantitative estimate of drug-likeness (QED) is 0.346. The third-order valence-electron chi connectivity index (χ3n) is 0.743. The first kappa shape index (κ1) is 14.8. The van der Waals surface area contributed by atoms with Crippen LogP contribution in [0.25, 0.3) is 0 Å². The third kappa shape index (κ3) is 13.0. The summed E-state index contributed by atoms with van der Waals surface area (Å²) in [7, 11) is 0. The average molecular weight is 194 g/mol. The maximum absolute atomic E-state index is 10.3. The van der Waals surface area contributed by atoms with Crippen molar-refractivity contribution in [1.29, 1.82) is 0 Å². The van der Waals surface area contributed by atoms with Gasteiger partial charge in [0.15, 0.2) is 0 Å². The van der Waals surface area contributed by atoms with E-state index in [1.165, 1.54) is 12.1 Å². The van der Waals surface area contributed by atoms with Crippen LogP contribution in [0.1, 0.15) is 0 Å². The standard InChI is InChI=1S/C6H6O.C2H6OS.Na/c7-6-4-2-1-3-5-6;1-4(2)3;/h1-5,7H;1-2H3;/q;;+1/p-1. The van der Waals surface area contributed by atoms with Crippen LogP contribution in [-0.2, 0) is 11.2 Å². The van der Waals surface area contributed by atoms with Crippen LogP contribution in [0.2, 0.25) is 0 Å². The molecular weight excluding hydrogens is 183 g/mol. The van der Waals surface area contributed by atoms with Gasteiger partial charge in [-0.1, -0.05) is 41.5 Å². The minimum Gasteiger partial charge on any atom is -0.872 e. The molecule has 0 spiro atoms. The number of benzene rings is 1. The van der Waals surface area contributed by atoms with Gasteiger partial charge in [0, 0.05) is 0 Å². The van der Waals surface area contributed by atoms with E-state index in [2.05, 4.69) is 0 Å². The first-order chi connectivity index (χ1) is 5.13. The molecule has 0 unspecified atom stereocenters. The maximum Gasteiger partial charge on any atom is 1.00 e. The molecule has 2 nitrogen and oxygen atoms in total. The SMILES string of the molecule is C[S+](C)[O-].[Na+].[O-]c1ccccc1. The Labute approximate surface area is 98.5 Å². The molecule has 0 aliphatic rings. The molecular formula is C8H11NaO2S. The molecule has 0 saturated heterocycles. The van der Waals surface area contributed by atoms with Gasteiger partial charge in [0.05, 0.1) is 12.5 Å². The van der Waals surface area contributed by atoms with E-state index >= 15 is 0 Å². The number of hydrogen-bond donors (Lipinski definition) is 0. The van der Waals surface area contributed by atoms with E-state index in [4.69, 9.17) is 0 Å². The Hall–Kier alpha value is 0.330. The summed E-state index contributed by atoms with van der Waals surface area (Å²) in [5.41, 5.74) is 0. The predicted molar refractivity (Wildman–Crippen MR) is 45.9 cm³/mol. The second kappa shape index (κ2) is 9.42. The smallest absolute Gasteiger partial charge is 0.872 e. The Morgan fingerprint density at radius 1 is 1.08 bits per heavy atom. The topological polar surface area (TPSA) is 46.1 Å². The molecule has 0 heterocycles. The molecule has 0 bridgehead atoms. The Morgan fingerprint density at radius 2 is 1.42 bits per heavy atom.